The standard InChI is InChI=1S/C14H16F2N2O2S/c1-21-9-13(19)17-4-6-18(7-5-17)14(20)10-2-3-11(15)12(16)8-10/h2-3,8H,4-7,9H2,1H3. The summed E-state index contributed by atoms with van der Waals surface area (Å²) in [5.74, 6) is -1.86. The number of carbonyl (C=O) groups excluding carboxylic acids is 2. The van der Waals surface area contributed by atoms with Crippen LogP contribution < -0.4 is 0 Å². The van der Waals surface area contributed by atoms with Crippen LogP contribution in [0, 0.1) is 11.6 Å². The highest BCUT2D eigenvalue weighted by Gasteiger charge is 2.24. The predicted octanol–water partition coefficient (Wildman–Crippen LogP) is 1.61. The zero-order valence-corrected chi connectivity index (χ0v) is 12.5. The summed E-state index contributed by atoms with van der Waals surface area (Å²) in [4.78, 5) is 27.2. The average molecular weight is 314 g/mol. The molecule has 1 saturated heterocycles. The second kappa shape index (κ2) is 6.89. The Morgan fingerprint density at radius 3 is 2.29 bits per heavy atom. The van der Waals surface area contributed by atoms with E-state index in [2.05, 4.69) is 0 Å². The first kappa shape index (κ1) is 15.8. The van der Waals surface area contributed by atoms with E-state index in [9.17, 15) is 18.4 Å². The summed E-state index contributed by atoms with van der Waals surface area (Å²) < 4.78 is 26.0. The third-order valence-electron chi connectivity index (χ3n) is 3.35. The summed E-state index contributed by atoms with van der Waals surface area (Å²) in [6, 6.07) is 3.12. The molecule has 1 aromatic rings. The van der Waals surface area contributed by atoms with Crippen molar-refractivity contribution in [2.24, 2.45) is 0 Å². The molecule has 1 fully saturated rings. The van der Waals surface area contributed by atoms with E-state index in [0.717, 1.165) is 12.1 Å². The normalized spacial score (nSPS) is 15.2. The molecule has 4 nitrogen and oxygen atoms in total. The molecule has 1 aliphatic rings. The molecule has 0 atom stereocenters. The molecule has 2 rings (SSSR count). The summed E-state index contributed by atoms with van der Waals surface area (Å²) in [7, 11) is 0. The number of hydrogen-bond acceptors (Lipinski definition) is 3. The lowest BCUT2D eigenvalue weighted by atomic mass is 10.1. The fourth-order valence-corrected chi connectivity index (χ4v) is 2.61. The molecule has 0 radical (unpaired) electrons. The minimum Gasteiger partial charge on any atom is -0.338 e. The predicted molar refractivity (Wildman–Crippen MR) is 77.2 cm³/mol. The van der Waals surface area contributed by atoms with Crippen molar-refractivity contribution in [3.63, 3.8) is 0 Å². The maximum Gasteiger partial charge on any atom is 0.254 e. The van der Waals surface area contributed by atoms with Gasteiger partial charge in [0.05, 0.1) is 5.75 Å². The van der Waals surface area contributed by atoms with Gasteiger partial charge in [-0.05, 0) is 24.5 Å². The highest BCUT2D eigenvalue weighted by atomic mass is 32.2. The monoisotopic (exact) mass is 314 g/mol. The molecule has 0 bridgehead atoms. The SMILES string of the molecule is CSCC(=O)N1CCN(C(=O)c2ccc(F)c(F)c2)CC1. The first-order valence-corrected chi connectivity index (χ1v) is 7.93. The van der Waals surface area contributed by atoms with Gasteiger partial charge in [-0.25, -0.2) is 8.78 Å². The Bertz CT molecular complexity index is 546. The summed E-state index contributed by atoms with van der Waals surface area (Å²) in [6.07, 6.45) is 1.86. The van der Waals surface area contributed by atoms with Gasteiger partial charge in [0.1, 0.15) is 0 Å². The van der Waals surface area contributed by atoms with Crippen molar-refractivity contribution in [3.8, 4) is 0 Å². The Labute approximate surface area is 126 Å². The van der Waals surface area contributed by atoms with Crippen molar-refractivity contribution in [1.82, 2.24) is 9.80 Å². The van der Waals surface area contributed by atoms with E-state index < -0.39 is 11.6 Å². The van der Waals surface area contributed by atoms with Gasteiger partial charge < -0.3 is 9.80 Å². The third-order valence-corrected chi connectivity index (χ3v) is 3.89. The maximum atomic E-state index is 13.2. The van der Waals surface area contributed by atoms with Crippen molar-refractivity contribution in [1.29, 1.82) is 0 Å². The summed E-state index contributed by atoms with van der Waals surface area (Å²) in [5.41, 5.74) is 0.123. The number of hydrogen-bond donors (Lipinski definition) is 0. The van der Waals surface area contributed by atoms with E-state index >= 15 is 0 Å². The Morgan fingerprint density at radius 2 is 1.71 bits per heavy atom. The molecule has 0 aromatic heterocycles. The minimum absolute atomic E-state index is 0.0578. The molecule has 21 heavy (non-hydrogen) atoms. The minimum atomic E-state index is -1.03. The second-order valence-corrected chi connectivity index (χ2v) is 5.60. The third kappa shape index (κ3) is 3.72. The van der Waals surface area contributed by atoms with Crippen LogP contribution in [0.5, 0.6) is 0 Å². The van der Waals surface area contributed by atoms with Crippen molar-refractivity contribution in [2.45, 2.75) is 0 Å². The molecule has 0 saturated carbocycles. The van der Waals surface area contributed by atoms with Crippen LogP contribution in [-0.2, 0) is 4.79 Å². The number of nitrogens with zero attached hydrogens (tertiary/aromatic N) is 2. The molecule has 114 valence electrons. The Hall–Kier alpha value is -1.63. The number of thioether (sulfide) groups is 1. The smallest absolute Gasteiger partial charge is 0.254 e. The second-order valence-electron chi connectivity index (χ2n) is 4.73. The van der Waals surface area contributed by atoms with E-state index in [1.807, 2.05) is 6.26 Å². The van der Waals surface area contributed by atoms with E-state index in [0.29, 0.717) is 31.9 Å². The van der Waals surface area contributed by atoms with E-state index in [1.165, 1.54) is 17.8 Å². The molecule has 0 aliphatic carbocycles. The van der Waals surface area contributed by atoms with Gasteiger partial charge in [0, 0.05) is 31.7 Å². The van der Waals surface area contributed by atoms with Gasteiger partial charge >= 0.3 is 0 Å². The summed E-state index contributed by atoms with van der Waals surface area (Å²) >= 11 is 1.46. The van der Waals surface area contributed by atoms with Crippen LogP contribution in [0.1, 0.15) is 10.4 Å². The molecule has 1 aromatic carbocycles. The van der Waals surface area contributed by atoms with Gasteiger partial charge in [-0.15, -0.1) is 0 Å². The Kier molecular flexibility index (Phi) is 5.17. The number of rotatable bonds is 3. The molecule has 1 heterocycles. The zero-order chi connectivity index (χ0) is 15.4. The molecular formula is C14H16F2N2O2S. The topological polar surface area (TPSA) is 40.6 Å². The molecule has 0 spiro atoms. The average Bonchev–Trinajstić information content (AvgIpc) is 2.50. The van der Waals surface area contributed by atoms with Crippen molar-refractivity contribution in [2.75, 3.05) is 38.2 Å². The Balaban J connectivity index is 1.97. The van der Waals surface area contributed by atoms with Crippen LogP contribution >= 0.6 is 11.8 Å². The molecule has 0 N–H and O–H groups in total. The fourth-order valence-electron chi connectivity index (χ4n) is 2.19. The summed E-state index contributed by atoms with van der Waals surface area (Å²) in [6.45, 7) is 1.74. The Morgan fingerprint density at radius 1 is 1.10 bits per heavy atom. The number of carbonyl (C=O) groups is 2. The highest BCUT2D eigenvalue weighted by Crippen LogP contribution is 2.13. The van der Waals surface area contributed by atoms with Crippen LogP contribution in [-0.4, -0.2) is 59.8 Å². The van der Waals surface area contributed by atoms with Gasteiger partial charge in [-0.3, -0.25) is 9.59 Å². The number of halogens is 2. The first-order chi connectivity index (χ1) is 10.0. The number of amides is 2. The van der Waals surface area contributed by atoms with Crippen molar-refractivity contribution in [3.05, 3.63) is 35.4 Å². The van der Waals surface area contributed by atoms with E-state index in [1.54, 1.807) is 9.80 Å². The van der Waals surface area contributed by atoms with Gasteiger partial charge in [0.15, 0.2) is 11.6 Å². The first-order valence-electron chi connectivity index (χ1n) is 6.54. The summed E-state index contributed by atoms with van der Waals surface area (Å²) in [5, 5.41) is 0. The quantitative estimate of drug-likeness (QED) is 0.851. The lowest BCUT2D eigenvalue weighted by Crippen LogP contribution is -2.51. The van der Waals surface area contributed by atoms with Gasteiger partial charge in [-0.1, -0.05) is 0 Å². The van der Waals surface area contributed by atoms with Crippen LogP contribution in [0.4, 0.5) is 8.78 Å². The number of piperazine rings is 1. The van der Waals surface area contributed by atoms with Gasteiger partial charge in [-0.2, -0.15) is 11.8 Å². The van der Waals surface area contributed by atoms with Crippen LogP contribution in [0.2, 0.25) is 0 Å². The highest BCUT2D eigenvalue weighted by molar-refractivity contribution is 7.99. The van der Waals surface area contributed by atoms with Gasteiger partial charge in [0.2, 0.25) is 5.91 Å². The van der Waals surface area contributed by atoms with Crippen LogP contribution in [0.3, 0.4) is 0 Å². The van der Waals surface area contributed by atoms with E-state index in [4.69, 9.17) is 0 Å². The van der Waals surface area contributed by atoms with Crippen molar-refractivity contribution >= 4 is 23.6 Å². The largest absolute Gasteiger partial charge is 0.338 e. The van der Waals surface area contributed by atoms with Gasteiger partial charge in [0.25, 0.3) is 5.91 Å². The molecule has 7 heteroatoms. The van der Waals surface area contributed by atoms with Crippen LogP contribution in [0.15, 0.2) is 18.2 Å². The zero-order valence-electron chi connectivity index (χ0n) is 11.6. The lowest BCUT2D eigenvalue weighted by Gasteiger charge is -2.34. The molecular weight excluding hydrogens is 298 g/mol. The van der Waals surface area contributed by atoms with Crippen LogP contribution in [0.25, 0.3) is 0 Å². The molecule has 0 unspecified atom stereocenters. The fraction of sp³-hybridized carbons (Fsp3) is 0.429. The number of benzene rings is 1. The van der Waals surface area contributed by atoms with Crippen molar-refractivity contribution < 1.29 is 18.4 Å². The van der Waals surface area contributed by atoms with E-state index in [-0.39, 0.29) is 17.4 Å². The molecule has 1 aliphatic heterocycles. The molecule has 2 amide bonds. The lowest BCUT2D eigenvalue weighted by molar-refractivity contribution is -0.129. The maximum absolute atomic E-state index is 13.2.